The van der Waals surface area contributed by atoms with Crippen LogP contribution in [0.4, 0.5) is 11.4 Å². The van der Waals surface area contributed by atoms with Crippen molar-refractivity contribution in [3.05, 3.63) is 90.0 Å². The third-order valence-corrected chi connectivity index (χ3v) is 5.93. The molecule has 168 valence electrons. The van der Waals surface area contributed by atoms with Gasteiger partial charge >= 0.3 is 5.97 Å². The summed E-state index contributed by atoms with van der Waals surface area (Å²) in [5.41, 5.74) is 3.97. The summed E-state index contributed by atoms with van der Waals surface area (Å²) in [4.78, 5) is 36.7. The van der Waals surface area contributed by atoms with Crippen LogP contribution in [-0.4, -0.2) is 24.3 Å². The number of ether oxygens (including phenoxy) is 1. The molecule has 1 aliphatic carbocycles. The van der Waals surface area contributed by atoms with Crippen LogP contribution in [0.25, 0.3) is 0 Å². The van der Waals surface area contributed by atoms with Gasteiger partial charge in [0.15, 0.2) is 0 Å². The van der Waals surface area contributed by atoms with E-state index in [9.17, 15) is 14.4 Å². The third-order valence-electron chi connectivity index (χ3n) is 5.93. The number of benzene rings is 3. The number of carbonyl (C=O) groups excluding carboxylic acids is 3. The smallest absolute Gasteiger partial charge is 0.376 e. The Balaban J connectivity index is 1.71. The molecule has 6 nitrogen and oxygen atoms in total. The molecule has 2 unspecified atom stereocenters. The summed E-state index contributed by atoms with van der Waals surface area (Å²) in [6.07, 6.45) is 2.06. The van der Waals surface area contributed by atoms with E-state index in [2.05, 4.69) is 10.2 Å². The van der Waals surface area contributed by atoms with Gasteiger partial charge < -0.3 is 15.0 Å². The van der Waals surface area contributed by atoms with E-state index < -0.39 is 5.97 Å². The van der Waals surface area contributed by atoms with E-state index in [0.717, 1.165) is 28.9 Å². The van der Waals surface area contributed by atoms with Gasteiger partial charge in [0.2, 0.25) is 12.2 Å². The lowest BCUT2D eigenvalue weighted by Crippen LogP contribution is -2.51. The number of nitrogens with zero attached hydrogens (tertiary/aromatic N) is 1. The summed E-state index contributed by atoms with van der Waals surface area (Å²) in [6.45, 7) is 1.54. The number of anilines is 2. The van der Waals surface area contributed by atoms with Gasteiger partial charge in [-0.05, 0) is 60.7 Å². The second-order valence-electron chi connectivity index (χ2n) is 8.12. The molecule has 0 heterocycles. The van der Waals surface area contributed by atoms with Gasteiger partial charge in [0.25, 0.3) is 0 Å². The summed E-state index contributed by atoms with van der Waals surface area (Å²) < 4.78 is 5.22. The molecule has 0 spiro atoms. The minimum atomic E-state index is -0.902. The van der Waals surface area contributed by atoms with Crippen LogP contribution in [0, 0.1) is 5.92 Å². The van der Waals surface area contributed by atoms with E-state index in [0.29, 0.717) is 18.6 Å². The summed E-state index contributed by atoms with van der Waals surface area (Å²) in [5.74, 6) is -0.460. The average Bonchev–Trinajstić information content (AvgIpc) is 2.84. The van der Waals surface area contributed by atoms with Crippen LogP contribution in [0.15, 0.2) is 78.9 Å². The molecular formula is C27H26N2O4. The first-order valence-electron chi connectivity index (χ1n) is 11.0. The molecule has 0 bridgehead atoms. The number of carbonyl (C=O) groups is 3. The van der Waals surface area contributed by atoms with Crippen LogP contribution in [0.2, 0.25) is 0 Å². The Morgan fingerprint density at radius 2 is 1.61 bits per heavy atom. The fraction of sp³-hybridized carbons (Fsp3) is 0.222. The van der Waals surface area contributed by atoms with E-state index in [1.165, 1.54) is 6.92 Å². The minimum absolute atomic E-state index is 0.101. The van der Waals surface area contributed by atoms with E-state index >= 15 is 0 Å². The number of rotatable bonds is 7. The quantitative estimate of drug-likeness (QED) is 0.195. The Morgan fingerprint density at radius 1 is 0.970 bits per heavy atom. The molecule has 3 aromatic carbocycles. The molecule has 0 aliphatic heterocycles. The van der Waals surface area contributed by atoms with Gasteiger partial charge in [0.05, 0.1) is 0 Å². The van der Waals surface area contributed by atoms with Crippen molar-refractivity contribution in [2.24, 2.45) is 5.92 Å². The van der Waals surface area contributed by atoms with E-state index in [1.54, 1.807) is 6.07 Å². The number of para-hydroxylation sites is 2. The monoisotopic (exact) mass is 442 g/mol. The predicted molar refractivity (Wildman–Crippen MR) is 126 cm³/mol. The molecule has 0 aromatic heterocycles. The van der Waals surface area contributed by atoms with Crippen LogP contribution in [-0.2, 0) is 27.2 Å². The number of fused-ring (bicyclic) bond motifs is 1. The summed E-state index contributed by atoms with van der Waals surface area (Å²) >= 11 is 0. The van der Waals surface area contributed by atoms with Crippen molar-refractivity contribution in [3.63, 3.8) is 0 Å². The van der Waals surface area contributed by atoms with Crippen LogP contribution >= 0.6 is 0 Å². The zero-order valence-electron chi connectivity index (χ0n) is 18.4. The molecule has 6 heteroatoms. The molecule has 1 amide bonds. The molecule has 0 saturated carbocycles. The standard InChI is InChI=1S/C27H26N2O4/c1-19(31)28-27(29(22-10-4-2-5-11-22)23-12-6-3-7-13-23)21-15-16-24-20(17-21)9-8-14-25(24)33-26(32)18-30/h2-14,18,21,27H,15-17H2,1H3,(H,28,31). The van der Waals surface area contributed by atoms with Crippen molar-refractivity contribution in [1.29, 1.82) is 0 Å². The number of amides is 1. The van der Waals surface area contributed by atoms with Crippen molar-refractivity contribution in [2.75, 3.05) is 4.90 Å². The van der Waals surface area contributed by atoms with E-state index in [-0.39, 0.29) is 24.3 Å². The highest BCUT2D eigenvalue weighted by molar-refractivity contribution is 6.21. The zero-order valence-corrected chi connectivity index (χ0v) is 18.4. The van der Waals surface area contributed by atoms with Gasteiger partial charge in [-0.3, -0.25) is 9.59 Å². The number of nitrogens with one attached hydrogen (secondary N) is 1. The van der Waals surface area contributed by atoms with Crippen LogP contribution in [0.3, 0.4) is 0 Å². The first-order chi connectivity index (χ1) is 16.1. The lowest BCUT2D eigenvalue weighted by atomic mass is 9.81. The Morgan fingerprint density at radius 3 is 2.18 bits per heavy atom. The van der Waals surface area contributed by atoms with Crippen molar-refractivity contribution < 1.29 is 19.1 Å². The maximum atomic E-state index is 12.3. The molecule has 0 radical (unpaired) electrons. The fourth-order valence-electron chi connectivity index (χ4n) is 4.55. The lowest BCUT2D eigenvalue weighted by molar-refractivity contribution is -0.141. The molecular weight excluding hydrogens is 416 g/mol. The Labute approximate surface area is 193 Å². The Bertz CT molecular complexity index is 1090. The van der Waals surface area contributed by atoms with Gasteiger partial charge in [-0.15, -0.1) is 0 Å². The highest BCUT2D eigenvalue weighted by atomic mass is 16.5. The Hall–Kier alpha value is -3.93. The molecule has 0 saturated heterocycles. The molecule has 1 N–H and O–H groups in total. The lowest BCUT2D eigenvalue weighted by Gasteiger charge is -2.41. The average molecular weight is 443 g/mol. The van der Waals surface area contributed by atoms with Gasteiger partial charge in [-0.25, -0.2) is 4.79 Å². The van der Waals surface area contributed by atoms with Crippen molar-refractivity contribution in [3.8, 4) is 5.75 Å². The van der Waals surface area contributed by atoms with Gasteiger partial charge in [-0.2, -0.15) is 0 Å². The van der Waals surface area contributed by atoms with Gasteiger partial charge in [0, 0.05) is 24.2 Å². The van der Waals surface area contributed by atoms with Gasteiger partial charge in [0.1, 0.15) is 11.9 Å². The first kappa shape index (κ1) is 22.3. The second-order valence-corrected chi connectivity index (χ2v) is 8.12. The van der Waals surface area contributed by atoms with Crippen LogP contribution < -0.4 is 15.0 Å². The van der Waals surface area contributed by atoms with E-state index in [1.807, 2.05) is 72.8 Å². The summed E-state index contributed by atoms with van der Waals surface area (Å²) in [7, 11) is 0. The number of hydrogen-bond acceptors (Lipinski definition) is 5. The van der Waals surface area contributed by atoms with Crippen molar-refractivity contribution in [2.45, 2.75) is 32.4 Å². The first-order valence-corrected chi connectivity index (χ1v) is 11.0. The second kappa shape index (κ2) is 10.1. The fourth-order valence-corrected chi connectivity index (χ4v) is 4.55. The largest absolute Gasteiger partial charge is 0.421 e. The number of esters is 1. The van der Waals surface area contributed by atoms with Crippen molar-refractivity contribution >= 4 is 29.5 Å². The van der Waals surface area contributed by atoms with Gasteiger partial charge in [-0.1, -0.05) is 48.5 Å². The SMILES string of the molecule is CC(=O)NC(C1CCc2c(cccc2OC(=O)C=O)C1)N(c1ccccc1)c1ccccc1. The molecule has 3 aromatic rings. The number of aldehydes is 1. The maximum absolute atomic E-state index is 12.3. The normalized spacial score (nSPS) is 15.6. The van der Waals surface area contributed by atoms with E-state index in [4.69, 9.17) is 4.74 Å². The van der Waals surface area contributed by atoms with Crippen LogP contribution in [0.5, 0.6) is 5.75 Å². The predicted octanol–water partition coefficient (Wildman–Crippen LogP) is 4.20. The van der Waals surface area contributed by atoms with Crippen LogP contribution in [0.1, 0.15) is 24.5 Å². The minimum Gasteiger partial charge on any atom is -0.421 e. The zero-order chi connectivity index (χ0) is 23.2. The summed E-state index contributed by atoms with van der Waals surface area (Å²) in [5, 5.41) is 3.19. The third kappa shape index (κ3) is 5.12. The molecule has 4 rings (SSSR count). The maximum Gasteiger partial charge on any atom is 0.376 e. The topological polar surface area (TPSA) is 75.7 Å². The summed E-state index contributed by atoms with van der Waals surface area (Å²) in [6, 6.07) is 25.6. The molecule has 0 fully saturated rings. The number of hydrogen-bond donors (Lipinski definition) is 1. The van der Waals surface area contributed by atoms with Crippen molar-refractivity contribution in [1.82, 2.24) is 5.32 Å². The Kier molecular flexibility index (Phi) is 6.83. The molecule has 2 atom stereocenters. The highest BCUT2D eigenvalue weighted by Crippen LogP contribution is 2.37. The molecule has 1 aliphatic rings. The molecule has 33 heavy (non-hydrogen) atoms. The highest BCUT2D eigenvalue weighted by Gasteiger charge is 2.33.